The summed E-state index contributed by atoms with van der Waals surface area (Å²) in [5.74, 6) is -1.12. The molecular formula is C44H34F3N3O2. The summed E-state index contributed by atoms with van der Waals surface area (Å²) in [6.07, 6.45) is -2.46. The maximum atomic E-state index is 12.4. The molecule has 8 rings (SSSR count). The Morgan fingerprint density at radius 3 is 2.21 bits per heavy atom. The number of hydrogen-bond donors (Lipinski definition) is 2. The summed E-state index contributed by atoms with van der Waals surface area (Å²) in [5.41, 5.74) is 20.1. The van der Waals surface area contributed by atoms with Crippen LogP contribution in [0.25, 0.3) is 33.4 Å². The number of alkyl halides is 3. The predicted octanol–water partition coefficient (Wildman–Crippen LogP) is 10.0. The standard InChI is InChI=1S/C30H25N3.C14H9F3O2/c31-17-20-4-3-5-21(14-20)18-33-13-12-22-15-24(8-9-25(22)19-33)27-10-11-28-26-7-2-1-6-23(26)16-29(28)30(27)32;15-14(16,17)10-7-5-9(6-8-10)11-3-1-2-4-12(11)13(18)19/h1-11,14-15H,12-13,16,18-19,32H2;1-8H,(H,18,19). The lowest BCUT2D eigenvalue weighted by Gasteiger charge is -2.29. The van der Waals surface area contributed by atoms with E-state index < -0.39 is 17.7 Å². The minimum Gasteiger partial charge on any atom is -0.478 e. The highest BCUT2D eigenvalue weighted by atomic mass is 19.4. The lowest BCUT2D eigenvalue weighted by atomic mass is 9.91. The van der Waals surface area contributed by atoms with Gasteiger partial charge in [-0.2, -0.15) is 18.4 Å². The van der Waals surface area contributed by atoms with Gasteiger partial charge in [0.15, 0.2) is 0 Å². The van der Waals surface area contributed by atoms with Crippen LogP contribution in [0.1, 0.15) is 49.3 Å². The van der Waals surface area contributed by atoms with Gasteiger partial charge in [-0.3, -0.25) is 4.90 Å². The smallest absolute Gasteiger partial charge is 0.416 e. The summed E-state index contributed by atoms with van der Waals surface area (Å²) in [7, 11) is 0. The number of aromatic carboxylic acids is 1. The van der Waals surface area contributed by atoms with Crippen molar-refractivity contribution in [1.29, 1.82) is 5.26 Å². The van der Waals surface area contributed by atoms with E-state index in [1.165, 1.54) is 62.7 Å². The molecule has 6 aromatic carbocycles. The van der Waals surface area contributed by atoms with Crippen molar-refractivity contribution in [3.05, 3.63) is 172 Å². The molecule has 258 valence electrons. The lowest BCUT2D eigenvalue weighted by Crippen LogP contribution is -2.30. The molecule has 5 nitrogen and oxygen atoms in total. The molecule has 0 atom stereocenters. The topological polar surface area (TPSA) is 90.4 Å². The van der Waals surface area contributed by atoms with E-state index in [0.717, 1.165) is 61.4 Å². The van der Waals surface area contributed by atoms with Crippen LogP contribution < -0.4 is 5.73 Å². The zero-order chi connectivity index (χ0) is 36.4. The molecule has 6 aromatic rings. The van der Waals surface area contributed by atoms with Gasteiger partial charge < -0.3 is 10.8 Å². The van der Waals surface area contributed by atoms with E-state index in [2.05, 4.69) is 71.6 Å². The molecule has 0 unspecified atom stereocenters. The quantitative estimate of drug-likeness (QED) is 0.175. The van der Waals surface area contributed by atoms with Gasteiger partial charge in [-0.15, -0.1) is 0 Å². The normalized spacial score (nSPS) is 13.2. The number of fused-ring (bicyclic) bond motifs is 4. The lowest BCUT2D eigenvalue weighted by molar-refractivity contribution is -0.137. The summed E-state index contributed by atoms with van der Waals surface area (Å²) in [4.78, 5) is 13.5. The number of halogens is 3. The van der Waals surface area contributed by atoms with E-state index in [4.69, 9.17) is 16.1 Å². The molecule has 0 bridgehead atoms. The zero-order valence-corrected chi connectivity index (χ0v) is 28.1. The zero-order valence-electron chi connectivity index (χ0n) is 28.1. The fraction of sp³-hybridized carbons (Fsp3) is 0.136. The molecule has 0 radical (unpaired) electrons. The summed E-state index contributed by atoms with van der Waals surface area (Å²) >= 11 is 0. The Labute approximate surface area is 300 Å². The van der Waals surface area contributed by atoms with E-state index in [0.29, 0.717) is 11.1 Å². The molecule has 8 heteroatoms. The van der Waals surface area contributed by atoms with Crippen molar-refractivity contribution in [1.82, 2.24) is 4.90 Å². The molecular weight excluding hydrogens is 659 g/mol. The molecule has 0 aromatic heterocycles. The Morgan fingerprint density at radius 1 is 0.750 bits per heavy atom. The summed E-state index contributed by atoms with van der Waals surface area (Å²) in [6, 6.07) is 40.6. The van der Waals surface area contributed by atoms with Crippen molar-refractivity contribution in [3.63, 3.8) is 0 Å². The number of carboxylic acid groups (broad SMARTS) is 1. The first-order valence-electron chi connectivity index (χ1n) is 16.9. The van der Waals surface area contributed by atoms with E-state index in [-0.39, 0.29) is 5.56 Å². The van der Waals surface area contributed by atoms with Crippen LogP contribution in [-0.2, 0) is 32.1 Å². The fourth-order valence-corrected chi connectivity index (χ4v) is 7.16. The van der Waals surface area contributed by atoms with Crippen molar-refractivity contribution >= 4 is 11.7 Å². The summed E-state index contributed by atoms with van der Waals surface area (Å²) in [5, 5.41) is 18.2. The first-order chi connectivity index (χ1) is 25.1. The monoisotopic (exact) mass is 693 g/mol. The maximum Gasteiger partial charge on any atom is 0.416 e. The molecule has 52 heavy (non-hydrogen) atoms. The fourth-order valence-electron chi connectivity index (χ4n) is 7.16. The predicted molar refractivity (Wildman–Crippen MR) is 197 cm³/mol. The van der Waals surface area contributed by atoms with Gasteiger partial charge in [-0.25, -0.2) is 4.79 Å². The number of benzene rings is 6. The van der Waals surface area contributed by atoms with Crippen molar-refractivity contribution in [3.8, 4) is 39.4 Å². The van der Waals surface area contributed by atoms with E-state index in [9.17, 15) is 18.0 Å². The number of carbonyl (C=O) groups is 1. The van der Waals surface area contributed by atoms with Crippen molar-refractivity contribution < 1.29 is 23.1 Å². The third-order valence-electron chi connectivity index (χ3n) is 9.78. The summed E-state index contributed by atoms with van der Waals surface area (Å²) in [6.45, 7) is 2.82. The number of carboxylic acids is 1. The number of nitriles is 1. The second kappa shape index (κ2) is 14.2. The summed E-state index contributed by atoms with van der Waals surface area (Å²) < 4.78 is 37.3. The number of nitrogen functional groups attached to an aromatic ring is 1. The van der Waals surface area contributed by atoms with Crippen LogP contribution in [0.4, 0.5) is 18.9 Å². The van der Waals surface area contributed by atoms with Gasteiger partial charge >= 0.3 is 12.1 Å². The molecule has 0 saturated heterocycles. The van der Waals surface area contributed by atoms with Gasteiger partial charge in [0.2, 0.25) is 0 Å². The van der Waals surface area contributed by atoms with Gasteiger partial charge in [0, 0.05) is 37.3 Å². The molecule has 0 spiro atoms. The van der Waals surface area contributed by atoms with E-state index in [1.807, 2.05) is 18.2 Å². The Balaban J connectivity index is 0.000000189. The minimum atomic E-state index is -4.40. The Bertz CT molecular complexity index is 2340. The van der Waals surface area contributed by atoms with Crippen LogP contribution in [0.3, 0.4) is 0 Å². The Morgan fingerprint density at radius 2 is 1.46 bits per heavy atom. The van der Waals surface area contributed by atoms with Gasteiger partial charge in [0.05, 0.1) is 22.8 Å². The van der Waals surface area contributed by atoms with E-state index >= 15 is 0 Å². The van der Waals surface area contributed by atoms with Gasteiger partial charge in [-0.05, 0) is 92.4 Å². The molecule has 2 aliphatic rings. The van der Waals surface area contributed by atoms with Gasteiger partial charge in [0.1, 0.15) is 0 Å². The largest absolute Gasteiger partial charge is 0.478 e. The SMILES string of the molecule is N#Cc1cccc(CN2CCc3cc(-c4ccc5c(c4N)Cc4ccccc4-5)ccc3C2)c1.O=C(O)c1ccccc1-c1ccc(C(F)(F)F)cc1. The van der Waals surface area contributed by atoms with E-state index in [1.54, 1.807) is 18.2 Å². The third kappa shape index (κ3) is 7.05. The Kier molecular flexibility index (Phi) is 9.37. The number of nitrogens with zero attached hydrogens (tertiary/aromatic N) is 2. The van der Waals surface area contributed by atoms with Crippen LogP contribution in [0.2, 0.25) is 0 Å². The molecule has 0 amide bonds. The molecule has 1 heterocycles. The first-order valence-corrected chi connectivity index (χ1v) is 16.9. The highest BCUT2D eigenvalue weighted by molar-refractivity contribution is 5.96. The first kappa shape index (κ1) is 34.3. The minimum absolute atomic E-state index is 0.0576. The maximum absolute atomic E-state index is 12.4. The van der Waals surface area contributed by atoms with Crippen LogP contribution >= 0.6 is 0 Å². The highest BCUT2D eigenvalue weighted by Crippen LogP contribution is 2.43. The second-order valence-electron chi connectivity index (χ2n) is 13.1. The third-order valence-corrected chi connectivity index (χ3v) is 9.78. The average Bonchev–Trinajstić information content (AvgIpc) is 3.54. The van der Waals surface area contributed by atoms with Gasteiger partial charge in [-0.1, -0.05) is 97.1 Å². The molecule has 1 aliphatic carbocycles. The molecule has 3 N–H and O–H groups in total. The number of rotatable bonds is 5. The van der Waals surface area contributed by atoms with Crippen molar-refractivity contribution in [2.45, 2.75) is 32.1 Å². The molecule has 0 saturated carbocycles. The number of hydrogen-bond acceptors (Lipinski definition) is 4. The second-order valence-corrected chi connectivity index (χ2v) is 13.1. The average molecular weight is 694 g/mol. The van der Waals surface area contributed by atoms with Crippen molar-refractivity contribution in [2.24, 2.45) is 0 Å². The molecule has 1 aliphatic heterocycles. The molecule has 0 fully saturated rings. The number of nitrogens with two attached hydrogens (primary N) is 1. The van der Waals surface area contributed by atoms with Gasteiger partial charge in [0.25, 0.3) is 0 Å². The Hall–Kier alpha value is -6.17. The van der Waals surface area contributed by atoms with Crippen LogP contribution in [-0.4, -0.2) is 22.5 Å². The highest BCUT2D eigenvalue weighted by Gasteiger charge is 2.30. The van der Waals surface area contributed by atoms with Crippen LogP contribution in [0, 0.1) is 11.3 Å². The van der Waals surface area contributed by atoms with Crippen molar-refractivity contribution in [2.75, 3.05) is 12.3 Å². The van der Waals surface area contributed by atoms with Crippen LogP contribution in [0.15, 0.2) is 127 Å². The van der Waals surface area contributed by atoms with Crippen LogP contribution in [0.5, 0.6) is 0 Å². The number of anilines is 1.